The first-order chi connectivity index (χ1) is 20.1. The van der Waals surface area contributed by atoms with Crippen LogP contribution >= 0.6 is 11.8 Å². The van der Waals surface area contributed by atoms with E-state index in [1.807, 2.05) is 48.2 Å². The van der Waals surface area contributed by atoms with Gasteiger partial charge in [-0.1, -0.05) is 95.8 Å². The van der Waals surface area contributed by atoms with E-state index in [0.717, 1.165) is 30.1 Å². The van der Waals surface area contributed by atoms with Gasteiger partial charge in [-0.15, -0.1) is 11.8 Å². The van der Waals surface area contributed by atoms with Crippen LogP contribution in [0.3, 0.4) is 0 Å². The molecule has 7 heteroatoms. The molecular weight excluding hydrogens is 532 g/mol. The molecule has 0 unspecified atom stereocenters. The van der Waals surface area contributed by atoms with Crippen molar-refractivity contribution >= 4 is 23.4 Å². The second-order valence-electron chi connectivity index (χ2n) is 10.8. The van der Waals surface area contributed by atoms with Gasteiger partial charge in [0.15, 0.2) is 18.1 Å². The van der Waals surface area contributed by atoms with E-state index in [1.54, 1.807) is 13.2 Å². The van der Waals surface area contributed by atoms with Crippen molar-refractivity contribution in [2.75, 3.05) is 31.5 Å². The van der Waals surface area contributed by atoms with Crippen molar-refractivity contribution in [2.24, 2.45) is 0 Å². The molecule has 1 N–H and O–H groups in total. The number of amides is 1. The molecule has 0 bridgehead atoms. The molecule has 0 spiro atoms. The number of carbonyl (C=O) groups is 1. The molecule has 226 valence electrons. The van der Waals surface area contributed by atoms with Crippen molar-refractivity contribution in [3.8, 4) is 17.2 Å². The summed E-state index contributed by atoms with van der Waals surface area (Å²) in [5.41, 5.74) is 1.88. The molecule has 3 rings (SSSR count). The highest BCUT2D eigenvalue weighted by Crippen LogP contribution is 2.32. The zero-order chi connectivity index (χ0) is 29.1. The molecule has 2 aromatic rings. The molecule has 2 aromatic carbocycles. The Morgan fingerprint density at radius 2 is 1.56 bits per heavy atom. The van der Waals surface area contributed by atoms with Gasteiger partial charge in [0.05, 0.1) is 19.6 Å². The predicted molar refractivity (Wildman–Crippen MR) is 172 cm³/mol. The first kappa shape index (κ1) is 32.7. The maximum absolute atomic E-state index is 12.7. The van der Waals surface area contributed by atoms with Crippen LogP contribution < -0.4 is 19.5 Å². The van der Waals surface area contributed by atoms with Gasteiger partial charge in [-0.3, -0.25) is 4.79 Å². The lowest BCUT2D eigenvalue weighted by Gasteiger charge is -2.18. The highest BCUT2D eigenvalue weighted by molar-refractivity contribution is 8.03. The number of hydrogen-bond donors (Lipinski definition) is 1. The van der Waals surface area contributed by atoms with Crippen LogP contribution in [0.1, 0.15) is 96.5 Å². The standard InChI is InChI=1S/C34H50N2O4S/c1-4-5-6-7-8-9-10-11-12-13-14-17-22-39-32-21-20-30(23-33(32)38-3)40-26-34(37)35-31-19-16-15-18-29(31)25-36-24-28(2)41-27-36/h15-16,18-21,23-24H,4-14,17,22,25-27H2,1-3H3,(H,35,37). The van der Waals surface area contributed by atoms with E-state index < -0.39 is 0 Å². The van der Waals surface area contributed by atoms with Crippen LogP contribution in [0.2, 0.25) is 0 Å². The minimum atomic E-state index is -0.203. The third kappa shape index (κ3) is 12.7. The molecule has 0 fully saturated rings. The van der Waals surface area contributed by atoms with Crippen molar-refractivity contribution in [2.45, 2.75) is 97.4 Å². The van der Waals surface area contributed by atoms with Crippen LogP contribution in [0.4, 0.5) is 5.69 Å². The molecule has 1 amide bonds. The number of unbranched alkanes of at least 4 members (excludes halogenated alkanes) is 11. The minimum absolute atomic E-state index is 0.0882. The van der Waals surface area contributed by atoms with E-state index in [4.69, 9.17) is 14.2 Å². The first-order valence-electron chi connectivity index (χ1n) is 15.5. The van der Waals surface area contributed by atoms with Crippen LogP contribution in [0, 0.1) is 0 Å². The summed E-state index contributed by atoms with van der Waals surface area (Å²) in [6, 6.07) is 13.4. The summed E-state index contributed by atoms with van der Waals surface area (Å²) in [6.07, 6.45) is 18.0. The molecule has 0 saturated heterocycles. The second-order valence-corrected chi connectivity index (χ2v) is 12.0. The van der Waals surface area contributed by atoms with Crippen LogP contribution in [0.25, 0.3) is 0 Å². The Hall–Kier alpha value is -2.80. The summed E-state index contributed by atoms with van der Waals surface area (Å²) in [5, 5.41) is 3.00. The summed E-state index contributed by atoms with van der Waals surface area (Å²) in [4.78, 5) is 16.2. The number of allylic oxidation sites excluding steroid dienone is 1. The van der Waals surface area contributed by atoms with Gasteiger partial charge in [0.25, 0.3) is 5.91 Å². The van der Waals surface area contributed by atoms with Crippen molar-refractivity contribution in [3.05, 3.63) is 59.1 Å². The maximum Gasteiger partial charge on any atom is 0.262 e. The Labute approximate surface area is 252 Å². The van der Waals surface area contributed by atoms with Gasteiger partial charge in [0.1, 0.15) is 5.75 Å². The summed E-state index contributed by atoms with van der Waals surface area (Å²) in [7, 11) is 1.62. The van der Waals surface area contributed by atoms with Gasteiger partial charge in [-0.2, -0.15) is 0 Å². The molecule has 0 aromatic heterocycles. The fourth-order valence-corrected chi connectivity index (χ4v) is 5.68. The Morgan fingerprint density at radius 1 is 0.878 bits per heavy atom. The molecule has 1 aliphatic heterocycles. The van der Waals surface area contributed by atoms with Gasteiger partial charge in [-0.25, -0.2) is 0 Å². The SMILES string of the molecule is CCCCCCCCCCCCCCOc1ccc(OCC(=O)Nc2ccccc2CN2C=C(C)SC2)cc1OC. The van der Waals surface area contributed by atoms with Crippen molar-refractivity contribution in [1.82, 2.24) is 4.90 Å². The zero-order valence-electron chi connectivity index (χ0n) is 25.4. The lowest BCUT2D eigenvalue weighted by atomic mass is 10.1. The molecule has 6 nitrogen and oxygen atoms in total. The molecular formula is C34H50N2O4S. The van der Waals surface area contributed by atoms with Gasteiger partial charge < -0.3 is 24.4 Å². The molecule has 0 saturated carbocycles. The van der Waals surface area contributed by atoms with Crippen molar-refractivity contribution < 1.29 is 19.0 Å². The summed E-state index contributed by atoms with van der Waals surface area (Å²) < 4.78 is 17.3. The fraction of sp³-hybridized carbons (Fsp3) is 0.559. The Bertz CT molecular complexity index is 1070. The van der Waals surface area contributed by atoms with E-state index in [1.165, 1.54) is 75.5 Å². The minimum Gasteiger partial charge on any atom is -0.493 e. The van der Waals surface area contributed by atoms with E-state index in [9.17, 15) is 4.79 Å². The number of para-hydroxylation sites is 1. The predicted octanol–water partition coefficient (Wildman–Crippen LogP) is 9.16. The zero-order valence-corrected chi connectivity index (χ0v) is 26.2. The smallest absolute Gasteiger partial charge is 0.262 e. The summed E-state index contributed by atoms with van der Waals surface area (Å²) in [6.45, 7) is 5.71. The van der Waals surface area contributed by atoms with Gasteiger partial charge >= 0.3 is 0 Å². The lowest BCUT2D eigenvalue weighted by Crippen LogP contribution is -2.22. The topological polar surface area (TPSA) is 60.0 Å². The number of methoxy groups -OCH3 is 1. The normalized spacial score (nSPS) is 12.8. The number of nitrogens with one attached hydrogen (secondary N) is 1. The van der Waals surface area contributed by atoms with E-state index in [0.29, 0.717) is 23.9 Å². The highest BCUT2D eigenvalue weighted by atomic mass is 32.2. The van der Waals surface area contributed by atoms with Crippen LogP contribution in [-0.4, -0.2) is 37.0 Å². The molecule has 1 aliphatic rings. The second kappa shape index (κ2) is 19.3. The number of nitrogens with zero attached hydrogens (tertiary/aromatic N) is 1. The van der Waals surface area contributed by atoms with Crippen LogP contribution in [-0.2, 0) is 11.3 Å². The number of anilines is 1. The number of rotatable bonds is 21. The highest BCUT2D eigenvalue weighted by Gasteiger charge is 2.14. The van der Waals surface area contributed by atoms with E-state index >= 15 is 0 Å². The van der Waals surface area contributed by atoms with E-state index in [-0.39, 0.29) is 12.5 Å². The van der Waals surface area contributed by atoms with Gasteiger partial charge in [0, 0.05) is 24.5 Å². The quantitative estimate of drug-likeness (QED) is 0.148. The molecule has 41 heavy (non-hydrogen) atoms. The largest absolute Gasteiger partial charge is 0.493 e. The Kier molecular flexibility index (Phi) is 15.4. The van der Waals surface area contributed by atoms with Crippen molar-refractivity contribution in [1.29, 1.82) is 0 Å². The number of ether oxygens (including phenoxy) is 3. The third-order valence-corrected chi connectivity index (χ3v) is 8.27. The fourth-order valence-electron chi connectivity index (χ4n) is 4.92. The van der Waals surface area contributed by atoms with Gasteiger partial charge in [0.2, 0.25) is 0 Å². The molecule has 0 atom stereocenters. The maximum atomic E-state index is 12.7. The average Bonchev–Trinajstić information content (AvgIpc) is 3.40. The molecule has 0 aliphatic carbocycles. The number of thioether (sulfide) groups is 1. The summed E-state index contributed by atoms with van der Waals surface area (Å²) >= 11 is 1.83. The molecule has 1 heterocycles. The average molecular weight is 583 g/mol. The van der Waals surface area contributed by atoms with Crippen molar-refractivity contribution in [3.63, 3.8) is 0 Å². The first-order valence-corrected chi connectivity index (χ1v) is 16.4. The Balaban J connectivity index is 1.32. The van der Waals surface area contributed by atoms with Gasteiger partial charge in [-0.05, 0) is 42.0 Å². The van der Waals surface area contributed by atoms with Crippen LogP contribution in [0.15, 0.2) is 53.6 Å². The summed E-state index contributed by atoms with van der Waals surface area (Å²) in [5.74, 6) is 2.60. The molecule has 0 radical (unpaired) electrons. The van der Waals surface area contributed by atoms with E-state index in [2.05, 4.69) is 30.3 Å². The lowest BCUT2D eigenvalue weighted by molar-refractivity contribution is -0.118. The Morgan fingerprint density at radius 3 is 2.22 bits per heavy atom. The number of hydrogen-bond acceptors (Lipinski definition) is 6. The van der Waals surface area contributed by atoms with Crippen LogP contribution in [0.5, 0.6) is 17.2 Å². The monoisotopic (exact) mass is 582 g/mol. The number of benzene rings is 2. The third-order valence-electron chi connectivity index (χ3n) is 7.25. The number of carbonyl (C=O) groups excluding carboxylic acids is 1.